The van der Waals surface area contributed by atoms with E-state index in [0.717, 1.165) is 13.0 Å². The van der Waals surface area contributed by atoms with Gasteiger partial charge in [0.2, 0.25) is 5.91 Å². The molecule has 0 spiro atoms. The van der Waals surface area contributed by atoms with E-state index in [1.165, 1.54) is 7.11 Å². The molecule has 1 fully saturated rings. The van der Waals surface area contributed by atoms with Crippen LogP contribution in [0.5, 0.6) is 0 Å². The maximum Gasteiger partial charge on any atom is 0.310 e. The molecule has 1 amide bonds. The minimum atomic E-state index is -0.283. The van der Waals surface area contributed by atoms with Gasteiger partial charge in [-0.1, -0.05) is 0 Å². The second-order valence-corrected chi connectivity index (χ2v) is 4.54. The van der Waals surface area contributed by atoms with Gasteiger partial charge in [0.25, 0.3) is 0 Å². The predicted molar refractivity (Wildman–Crippen MR) is 65.8 cm³/mol. The minimum absolute atomic E-state index is 0.0536. The summed E-state index contributed by atoms with van der Waals surface area (Å²) in [6.45, 7) is 2.08. The number of amides is 1. The number of carbonyl (C=O) groups is 2. The topological polar surface area (TPSA) is 51.5 Å². The summed E-state index contributed by atoms with van der Waals surface area (Å²) in [7, 11) is 1.36. The van der Waals surface area contributed by atoms with Crippen LogP contribution in [0, 0.1) is 5.92 Å². The van der Waals surface area contributed by atoms with Gasteiger partial charge in [0.1, 0.15) is 0 Å². The maximum atomic E-state index is 11.7. The molecule has 1 aromatic heterocycles. The van der Waals surface area contributed by atoms with Gasteiger partial charge in [0.05, 0.1) is 13.0 Å². The van der Waals surface area contributed by atoms with E-state index >= 15 is 0 Å². The third kappa shape index (κ3) is 2.91. The number of nitrogens with zero attached hydrogens (tertiary/aromatic N) is 2. The van der Waals surface area contributed by atoms with Crippen LogP contribution in [-0.4, -0.2) is 41.5 Å². The number of carbonyl (C=O) groups excluding carboxylic acids is 2. The highest BCUT2D eigenvalue weighted by atomic mass is 16.5. The Kier molecular flexibility index (Phi) is 4.02. The molecule has 5 heteroatoms. The van der Waals surface area contributed by atoms with Gasteiger partial charge >= 0.3 is 5.97 Å². The van der Waals surface area contributed by atoms with Crippen molar-refractivity contribution in [1.82, 2.24) is 9.47 Å². The molecule has 0 aromatic carbocycles. The summed E-state index contributed by atoms with van der Waals surface area (Å²) in [6.07, 6.45) is 5.19. The molecule has 1 aromatic rings. The fourth-order valence-corrected chi connectivity index (χ4v) is 2.28. The van der Waals surface area contributed by atoms with E-state index in [-0.39, 0.29) is 24.2 Å². The largest absolute Gasteiger partial charge is 0.469 e. The van der Waals surface area contributed by atoms with Crippen LogP contribution >= 0.6 is 0 Å². The number of methoxy groups -OCH3 is 1. The number of likely N-dealkylation sites (tertiary alicyclic amines) is 1. The Balaban J connectivity index is 1.76. The monoisotopic (exact) mass is 250 g/mol. The van der Waals surface area contributed by atoms with Crippen LogP contribution in [0.1, 0.15) is 12.8 Å². The van der Waals surface area contributed by atoms with Crippen molar-refractivity contribution in [2.75, 3.05) is 20.2 Å². The van der Waals surface area contributed by atoms with Gasteiger partial charge in [-0.3, -0.25) is 9.59 Å². The van der Waals surface area contributed by atoms with E-state index in [9.17, 15) is 9.59 Å². The number of ether oxygens (including phenoxy) is 1. The Morgan fingerprint density at radius 2 is 2.11 bits per heavy atom. The number of aryl methyl sites for hydroxylation is 1. The summed E-state index contributed by atoms with van der Waals surface area (Å²) < 4.78 is 6.75. The summed E-state index contributed by atoms with van der Waals surface area (Å²) in [5, 5.41) is 0. The van der Waals surface area contributed by atoms with Crippen molar-refractivity contribution in [3.05, 3.63) is 24.5 Å². The number of aromatic nitrogens is 1. The maximum absolute atomic E-state index is 11.7. The molecule has 0 bridgehead atoms. The zero-order chi connectivity index (χ0) is 13.0. The molecule has 1 atom stereocenters. The number of rotatable bonds is 5. The Bertz CT molecular complexity index is 414. The SMILES string of the molecule is COC(=O)[C@@H]1CC(=O)N(CCCn2cccc2)C1. The van der Waals surface area contributed by atoms with Gasteiger partial charge in [-0.05, 0) is 18.6 Å². The second-order valence-electron chi connectivity index (χ2n) is 4.54. The number of hydrogen-bond donors (Lipinski definition) is 0. The normalized spacial score (nSPS) is 19.3. The van der Waals surface area contributed by atoms with E-state index in [0.29, 0.717) is 13.1 Å². The minimum Gasteiger partial charge on any atom is -0.469 e. The first-order valence-electron chi connectivity index (χ1n) is 6.17. The van der Waals surface area contributed by atoms with Crippen molar-refractivity contribution in [2.45, 2.75) is 19.4 Å². The molecule has 1 aliphatic rings. The summed E-state index contributed by atoms with van der Waals surface area (Å²) in [6, 6.07) is 3.96. The zero-order valence-electron chi connectivity index (χ0n) is 10.5. The first kappa shape index (κ1) is 12.7. The van der Waals surface area contributed by atoms with Gasteiger partial charge < -0.3 is 14.2 Å². The quantitative estimate of drug-likeness (QED) is 0.730. The van der Waals surface area contributed by atoms with Crippen LogP contribution in [0.25, 0.3) is 0 Å². The summed E-state index contributed by atoms with van der Waals surface area (Å²) in [5.41, 5.74) is 0. The lowest BCUT2D eigenvalue weighted by Crippen LogP contribution is -2.28. The van der Waals surface area contributed by atoms with Gasteiger partial charge in [-0.15, -0.1) is 0 Å². The van der Waals surface area contributed by atoms with Crippen LogP contribution in [-0.2, 0) is 20.9 Å². The summed E-state index contributed by atoms with van der Waals surface area (Å²) in [5.74, 6) is -0.511. The van der Waals surface area contributed by atoms with Crippen molar-refractivity contribution < 1.29 is 14.3 Å². The lowest BCUT2D eigenvalue weighted by atomic mass is 10.1. The molecule has 2 rings (SSSR count). The van der Waals surface area contributed by atoms with E-state index < -0.39 is 0 Å². The lowest BCUT2D eigenvalue weighted by Gasteiger charge is -2.16. The fourth-order valence-electron chi connectivity index (χ4n) is 2.28. The van der Waals surface area contributed by atoms with Crippen LogP contribution in [0.3, 0.4) is 0 Å². The average Bonchev–Trinajstić information content (AvgIpc) is 2.99. The smallest absolute Gasteiger partial charge is 0.310 e. The lowest BCUT2D eigenvalue weighted by molar-refractivity contribution is -0.145. The van der Waals surface area contributed by atoms with Gasteiger partial charge in [0, 0.05) is 38.4 Å². The molecule has 5 nitrogen and oxygen atoms in total. The first-order chi connectivity index (χ1) is 8.70. The number of esters is 1. The molecule has 0 saturated carbocycles. The van der Waals surface area contributed by atoms with Crippen molar-refractivity contribution in [3.8, 4) is 0 Å². The Hall–Kier alpha value is -1.78. The third-order valence-electron chi connectivity index (χ3n) is 3.26. The standard InChI is InChI=1S/C13H18N2O3/c1-18-13(17)11-9-12(16)15(10-11)8-4-7-14-5-2-3-6-14/h2-3,5-6,11H,4,7-10H2,1H3/t11-/m1/s1. The molecule has 1 aliphatic heterocycles. The summed E-state index contributed by atoms with van der Waals surface area (Å²) >= 11 is 0. The third-order valence-corrected chi connectivity index (χ3v) is 3.26. The predicted octanol–water partition coefficient (Wildman–Crippen LogP) is 0.900. The molecule has 1 saturated heterocycles. The Morgan fingerprint density at radius 1 is 1.39 bits per heavy atom. The second kappa shape index (κ2) is 5.71. The molecule has 0 N–H and O–H groups in total. The van der Waals surface area contributed by atoms with Crippen LogP contribution < -0.4 is 0 Å². The number of hydrogen-bond acceptors (Lipinski definition) is 3. The highest BCUT2D eigenvalue weighted by molar-refractivity contribution is 5.86. The van der Waals surface area contributed by atoms with Crippen LogP contribution in [0.15, 0.2) is 24.5 Å². The first-order valence-corrected chi connectivity index (χ1v) is 6.17. The Labute approximate surface area is 106 Å². The van der Waals surface area contributed by atoms with Crippen molar-refractivity contribution in [2.24, 2.45) is 5.92 Å². The molecular weight excluding hydrogens is 232 g/mol. The van der Waals surface area contributed by atoms with Crippen LogP contribution in [0.2, 0.25) is 0 Å². The van der Waals surface area contributed by atoms with E-state index in [1.54, 1.807) is 4.90 Å². The van der Waals surface area contributed by atoms with Crippen molar-refractivity contribution >= 4 is 11.9 Å². The zero-order valence-corrected chi connectivity index (χ0v) is 10.5. The van der Waals surface area contributed by atoms with Crippen molar-refractivity contribution in [1.29, 1.82) is 0 Å². The molecule has 0 aliphatic carbocycles. The highest BCUT2D eigenvalue weighted by Crippen LogP contribution is 2.19. The van der Waals surface area contributed by atoms with E-state index in [4.69, 9.17) is 0 Å². The average molecular weight is 250 g/mol. The molecule has 2 heterocycles. The van der Waals surface area contributed by atoms with E-state index in [1.807, 2.05) is 24.5 Å². The van der Waals surface area contributed by atoms with Crippen molar-refractivity contribution in [3.63, 3.8) is 0 Å². The molecule has 98 valence electrons. The molecule has 0 radical (unpaired) electrons. The molecular formula is C13H18N2O3. The molecule has 18 heavy (non-hydrogen) atoms. The van der Waals surface area contributed by atoms with Gasteiger partial charge in [-0.25, -0.2) is 0 Å². The van der Waals surface area contributed by atoms with Gasteiger partial charge in [-0.2, -0.15) is 0 Å². The van der Waals surface area contributed by atoms with E-state index in [2.05, 4.69) is 9.30 Å². The van der Waals surface area contributed by atoms with Crippen LogP contribution in [0.4, 0.5) is 0 Å². The highest BCUT2D eigenvalue weighted by Gasteiger charge is 2.34. The summed E-state index contributed by atoms with van der Waals surface area (Å²) in [4.78, 5) is 24.8. The Morgan fingerprint density at radius 3 is 2.78 bits per heavy atom. The van der Waals surface area contributed by atoms with Gasteiger partial charge in [0.15, 0.2) is 0 Å². The molecule has 0 unspecified atom stereocenters. The fraction of sp³-hybridized carbons (Fsp3) is 0.538.